The van der Waals surface area contributed by atoms with Crippen molar-refractivity contribution >= 4 is 5.69 Å². The Kier molecular flexibility index (Phi) is 4.98. The van der Waals surface area contributed by atoms with E-state index < -0.39 is 0 Å². The summed E-state index contributed by atoms with van der Waals surface area (Å²) >= 11 is 0. The summed E-state index contributed by atoms with van der Waals surface area (Å²) in [4.78, 5) is 6.52. The lowest BCUT2D eigenvalue weighted by Crippen LogP contribution is -2.32. The number of ether oxygens (including phenoxy) is 2. The van der Waals surface area contributed by atoms with E-state index in [1.165, 1.54) is 5.56 Å². The van der Waals surface area contributed by atoms with E-state index in [0.717, 1.165) is 43.2 Å². The highest BCUT2D eigenvalue weighted by atomic mass is 16.5. The van der Waals surface area contributed by atoms with Gasteiger partial charge in [-0.1, -0.05) is 6.07 Å². The first-order valence-corrected chi connectivity index (χ1v) is 7.89. The van der Waals surface area contributed by atoms with Crippen LogP contribution in [0.25, 0.3) is 0 Å². The maximum atomic E-state index is 5.36. The molecule has 0 radical (unpaired) electrons. The van der Waals surface area contributed by atoms with Crippen molar-refractivity contribution in [1.82, 2.24) is 10.3 Å². The van der Waals surface area contributed by atoms with Crippen LogP contribution in [0, 0.1) is 0 Å². The predicted molar refractivity (Wildman–Crippen MR) is 91.2 cm³/mol. The van der Waals surface area contributed by atoms with Crippen molar-refractivity contribution in [3.63, 3.8) is 0 Å². The Labute approximate surface area is 137 Å². The highest BCUT2D eigenvalue weighted by Crippen LogP contribution is 2.30. The van der Waals surface area contributed by atoms with Gasteiger partial charge in [-0.05, 0) is 18.1 Å². The van der Waals surface area contributed by atoms with E-state index >= 15 is 0 Å². The molecule has 1 fully saturated rings. The molecule has 1 aliphatic heterocycles. The second kappa shape index (κ2) is 7.33. The van der Waals surface area contributed by atoms with Crippen LogP contribution in [0.1, 0.15) is 12.0 Å². The van der Waals surface area contributed by atoms with E-state index in [1.807, 2.05) is 18.3 Å². The number of hydrogen-bond donors (Lipinski definition) is 1. The summed E-state index contributed by atoms with van der Waals surface area (Å²) in [5.41, 5.74) is 2.36. The molecule has 23 heavy (non-hydrogen) atoms. The van der Waals surface area contributed by atoms with Gasteiger partial charge in [0.1, 0.15) is 11.5 Å². The molecule has 2 heterocycles. The van der Waals surface area contributed by atoms with E-state index in [9.17, 15) is 0 Å². The standard InChI is InChI=1S/C18H23N3O2/c1-22-17-8-16(9-18(10-17)23-2)21-7-5-15(13-21)20-12-14-4-3-6-19-11-14/h3-4,6,8-11,15,20H,5,7,12-13H2,1-2H3/t15-/m1/s1. The number of pyridine rings is 1. The maximum Gasteiger partial charge on any atom is 0.124 e. The number of benzene rings is 1. The van der Waals surface area contributed by atoms with Crippen molar-refractivity contribution in [3.05, 3.63) is 48.3 Å². The Bertz CT molecular complexity index is 611. The molecule has 1 saturated heterocycles. The fraction of sp³-hybridized carbons (Fsp3) is 0.389. The molecule has 0 spiro atoms. The monoisotopic (exact) mass is 313 g/mol. The highest BCUT2D eigenvalue weighted by Gasteiger charge is 2.23. The number of anilines is 1. The lowest BCUT2D eigenvalue weighted by Gasteiger charge is -2.20. The Morgan fingerprint density at radius 3 is 2.65 bits per heavy atom. The van der Waals surface area contributed by atoms with E-state index in [2.05, 4.69) is 33.4 Å². The van der Waals surface area contributed by atoms with Gasteiger partial charge in [0, 0.05) is 62.0 Å². The van der Waals surface area contributed by atoms with Gasteiger partial charge >= 0.3 is 0 Å². The molecule has 0 aliphatic carbocycles. The molecule has 122 valence electrons. The molecule has 3 rings (SSSR count). The summed E-state index contributed by atoms with van der Waals surface area (Å²) in [6.07, 6.45) is 4.84. The number of nitrogens with one attached hydrogen (secondary N) is 1. The molecule has 0 unspecified atom stereocenters. The summed E-state index contributed by atoms with van der Waals surface area (Å²) in [7, 11) is 3.36. The predicted octanol–water partition coefficient (Wildman–Crippen LogP) is 2.47. The van der Waals surface area contributed by atoms with Crippen molar-refractivity contribution in [2.45, 2.75) is 19.0 Å². The third-order valence-electron chi connectivity index (χ3n) is 4.21. The molecule has 1 N–H and O–H groups in total. The lowest BCUT2D eigenvalue weighted by molar-refractivity contribution is 0.394. The van der Waals surface area contributed by atoms with E-state index in [-0.39, 0.29) is 0 Å². The Morgan fingerprint density at radius 2 is 2.00 bits per heavy atom. The number of aromatic nitrogens is 1. The zero-order chi connectivity index (χ0) is 16.1. The lowest BCUT2D eigenvalue weighted by atomic mass is 10.2. The number of hydrogen-bond acceptors (Lipinski definition) is 5. The molecular formula is C18H23N3O2. The highest BCUT2D eigenvalue weighted by molar-refractivity contribution is 5.56. The second-order valence-corrected chi connectivity index (χ2v) is 5.74. The van der Waals surface area contributed by atoms with Gasteiger partial charge in [0.25, 0.3) is 0 Å². The Hall–Kier alpha value is -2.27. The van der Waals surface area contributed by atoms with Gasteiger partial charge < -0.3 is 19.7 Å². The van der Waals surface area contributed by atoms with Gasteiger partial charge in [0.15, 0.2) is 0 Å². The number of rotatable bonds is 6. The summed E-state index contributed by atoms with van der Waals surface area (Å²) in [6.45, 7) is 2.87. The zero-order valence-electron chi connectivity index (χ0n) is 13.7. The van der Waals surface area contributed by atoms with Crippen molar-refractivity contribution in [2.24, 2.45) is 0 Å². The molecule has 1 aliphatic rings. The van der Waals surface area contributed by atoms with Crippen LogP contribution in [0.4, 0.5) is 5.69 Å². The van der Waals surface area contributed by atoms with E-state index in [4.69, 9.17) is 9.47 Å². The summed E-state index contributed by atoms with van der Waals surface area (Å²) in [6, 6.07) is 10.6. The summed E-state index contributed by atoms with van der Waals surface area (Å²) in [5, 5.41) is 3.61. The van der Waals surface area contributed by atoms with Gasteiger partial charge in [-0.25, -0.2) is 0 Å². The van der Waals surface area contributed by atoms with Gasteiger partial charge in [0.2, 0.25) is 0 Å². The summed E-state index contributed by atoms with van der Waals surface area (Å²) in [5.74, 6) is 1.65. The van der Waals surface area contributed by atoms with Crippen LogP contribution in [-0.2, 0) is 6.54 Å². The van der Waals surface area contributed by atoms with Crippen LogP contribution in [0.15, 0.2) is 42.7 Å². The second-order valence-electron chi connectivity index (χ2n) is 5.74. The van der Waals surface area contributed by atoms with Gasteiger partial charge in [0.05, 0.1) is 14.2 Å². The van der Waals surface area contributed by atoms with Crippen LogP contribution in [-0.4, -0.2) is 38.3 Å². The fourth-order valence-electron chi connectivity index (χ4n) is 2.90. The van der Waals surface area contributed by atoms with E-state index in [1.54, 1.807) is 20.4 Å². The minimum Gasteiger partial charge on any atom is -0.497 e. The molecular weight excluding hydrogens is 290 g/mol. The molecule has 5 heteroatoms. The first kappa shape index (κ1) is 15.6. The smallest absolute Gasteiger partial charge is 0.124 e. The van der Waals surface area contributed by atoms with Crippen molar-refractivity contribution in [2.75, 3.05) is 32.2 Å². The number of nitrogens with zero attached hydrogens (tertiary/aromatic N) is 2. The molecule has 0 saturated carbocycles. The van der Waals surface area contributed by atoms with Gasteiger partial charge in [-0.3, -0.25) is 4.98 Å². The van der Waals surface area contributed by atoms with E-state index in [0.29, 0.717) is 6.04 Å². The largest absolute Gasteiger partial charge is 0.497 e. The molecule has 1 aromatic carbocycles. The molecule has 1 aromatic heterocycles. The SMILES string of the molecule is COc1cc(OC)cc(N2CC[C@@H](NCc3cccnc3)C2)c1. The number of methoxy groups -OCH3 is 2. The Balaban J connectivity index is 1.61. The van der Waals surface area contributed by atoms with Crippen LogP contribution in [0.5, 0.6) is 11.5 Å². The van der Waals surface area contributed by atoms with Crippen LogP contribution in [0.2, 0.25) is 0 Å². The molecule has 0 bridgehead atoms. The third-order valence-corrected chi connectivity index (χ3v) is 4.21. The quantitative estimate of drug-likeness (QED) is 0.888. The Morgan fingerprint density at radius 1 is 1.22 bits per heavy atom. The average molecular weight is 313 g/mol. The van der Waals surface area contributed by atoms with Crippen molar-refractivity contribution < 1.29 is 9.47 Å². The minimum atomic E-state index is 0.479. The van der Waals surface area contributed by atoms with Crippen LogP contribution < -0.4 is 19.7 Å². The van der Waals surface area contributed by atoms with Crippen molar-refractivity contribution in [1.29, 1.82) is 0 Å². The molecule has 1 atom stereocenters. The summed E-state index contributed by atoms with van der Waals surface area (Å²) < 4.78 is 10.7. The normalized spacial score (nSPS) is 17.3. The maximum absolute atomic E-state index is 5.36. The molecule has 2 aromatic rings. The fourth-order valence-corrected chi connectivity index (χ4v) is 2.90. The topological polar surface area (TPSA) is 46.6 Å². The first-order chi connectivity index (χ1) is 11.3. The zero-order valence-corrected chi connectivity index (χ0v) is 13.7. The molecule has 0 amide bonds. The van der Waals surface area contributed by atoms with Crippen LogP contribution in [0.3, 0.4) is 0 Å². The van der Waals surface area contributed by atoms with Crippen LogP contribution >= 0.6 is 0 Å². The van der Waals surface area contributed by atoms with Gasteiger partial charge in [-0.2, -0.15) is 0 Å². The van der Waals surface area contributed by atoms with Crippen molar-refractivity contribution in [3.8, 4) is 11.5 Å². The third kappa shape index (κ3) is 3.93. The average Bonchev–Trinajstić information content (AvgIpc) is 3.09. The first-order valence-electron chi connectivity index (χ1n) is 7.89. The van der Waals surface area contributed by atoms with Gasteiger partial charge in [-0.15, -0.1) is 0 Å². The minimum absolute atomic E-state index is 0.479. The molecule has 5 nitrogen and oxygen atoms in total.